The highest BCUT2D eigenvalue weighted by Crippen LogP contribution is 2.35. The molecule has 0 radical (unpaired) electrons. The molecule has 0 saturated heterocycles. The largest absolute Gasteiger partial charge is 0.504 e. The first-order valence-electron chi connectivity index (χ1n) is 4.20. The third-order valence-electron chi connectivity index (χ3n) is 1.74. The Morgan fingerprint density at radius 3 is 2.33 bits per heavy atom. The van der Waals surface area contributed by atoms with E-state index in [1.54, 1.807) is 0 Å². The van der Waals surface area contributed by atoms with Gasteiger partial charge in [0.25, 0.3) is 5.91 Å². The molecule has 0 heterocycles. The zero-order chi connectivity index (χ0) is 11.4. The molecular formula is C10H11NO4. The zero-order valence-corrected chi connectivity index (χ0v) is 7.90. The third-order valence-corrected chi connectivity index (χ3v) is 1.74. The number of rotatable bonds is 3. The number of carbonyl (C=O) groups excluding carboxylic acids is 1. The minimum absolute atomic E-state index is 0.0599. The van der Waals surface area contributed by atoms with Gasteiger partial charge in [0.05, 0.1) is 0 Å². The lowest BCUT2D eigenvalue weighted by molar-refractivity contribution is 0.0957. The third kappa shape index (κ3) is 2.40. The fraction of sp³-hybridized carbons (Fsp3) is 0.100. The molecule has 1 aromatic rings. The van der Waals surface area contributed by atoms with E-state index in [1.165, 1.54) is 6.08 Å². The number of hydrogen-bond donors (Lipinski definition) is 4. The molecule has 0 saturated carbocycles. The van der Waals surface area contributed by atoms with Gasteiger partial charge in [-0.2, -0.15) is 0 Å². The van der Waals surface area contributed by atoms with Gasteiger partial charge in [0.2, 0.25) is 0 Å². The Hall–Kier alpha value is -2.17. The molecule has 4 N–H and O–H groups in total. The Labute approximate surface area is 86.3 Å². The molecule has 0 spiro atoms. The second-order valence-electron chi connectivity index (χ2n) is 2.86. The molecule has 0 bridgehead atoms. The summed E-state index contributed by atoms with van der Waals surface area (Å²) in [6, 6.07) is 2.13. The van der Waals surface area contributed by atoms with Crippen molar-refractivity contribution in [1.82, 2.24) is 5.32 Å². The van der Waals surface area contributed by atoms with E-state index < -0.39 is 23.2 Å². The molecular weight excluding hydrogens is 198 g/mol. The van der Waals surface area contributed by atoms with Crippen LogP contribution < -0.4 is 5.32 Å². The first-order valence-corrected chi connectivity index (χ1v) is 4.20. The van der Waals surface area contributed by atoms with Gasteiger partial charge in [0.1, 0.15) is 0 Å². The van der Waals surface area contributed by atoms with E-state index in [1.807, 2.05) is 0 Å². The summed E-state index contributed by atoms with van der Waals surface area (Å²) in [4.78, 5) is 11.4. The molecule has 0 aliphatic rings. The lowest BCUT2D eigenvalue weighted by Gasteiger charge is -2.05. The molecule has 15 heavy (non-hydrogen) atoms. The maximum Gasteiger partial charge on any atom is 0.251 e. The van der Waals surface area contributed by atoms with Crippen molar-refractivity contribution < 1.29 is 20.1 Å². The first kappa shape index (κ1) is 10.9. The molecule has 0 fully saturated rings. The van der Waals surface area contributed by atoms with Gasteiger partial charge in [-0.15, -0.1) is 6.58 Å². The lowest BCUT2D eigenvalue weighted by atomic mass is 10.1. The maximum absolute atomic E-state index is 11.4. The number of amides is 1. The van der Waals surface area contributed by atoms with Crippen LogP contribution in [0.4, 0.5) is 0 Å². The van der Waals surface area contributed by atoms with E-state index in [2.05, 4.69) is 11.9 Å². The highest BCUT2D eigenvalue weighted by atomic mass is 16.3. The SMILES string of the molecule is C=CCNC(=O)c1cc(O)c(O)c(O)c1. The summed E-state index contributed by atoms with van der Waals surface area (Å²) in [5, 5.41) is 29.8. The van der Waals surface area contributed by atoms with Crippen LogP contribution in [0.2, 0.25) is 0 Å². The van der Waals surface area contributed by atoms with Crippen LogP contribution >= 0.6 is 0 Å². The predicted molar refractivity (Wildman–Crippen MR) is 54.0 cm³/mol. The van der Waals surface area contributed by atoms with E-state index in [0.717, 1.165) is 12.1 Å². The molecule has 80 valence electrons. The summed E-state index contributed by atoms with van der Waals surface area (Å²) in [6.45, 7) is 3.70. The van der Waals surface area contributed by atoms with Crippen molar-refractivity contribution in [3.05, 3.63) is 30.4 Å². The molecule has 0 unspecified atom stereocenters. The Balaban J connectivity index is 2.95. The standard InChI is InChI=1S/C10H11NO4/c1-2-3-11-10(15)6-4-7(12)9(14)8(13)5-6/h2,4-5,12-14H,1,3H2,(H,11,15). The Morgan fingerprint density at radius 1 is 1.33 bits per heavy atom. The maximum atomic E-state index is 11.4. The highest BCUT2D eigenvalue weighted by Gasteiger charge is 2.12. The molecule has 1 amide bonds. The van der Waals surface area contributed by atoms with Gasteiger partial charge < -0.3 is 20.6 Å². The fourth-order valence-electron chi connectivity index (χ4n) is 1.00. The van der Waals surface area contributed by atoms with Gasteiger partial charge >= 0.3 is 0 Å². The number of nitrogens with one attached hydrogen (secondary N) is 1. The lowest BCUT2D eigenvalue weighted by Crippen LogP contribution is -2.22. The Bertz CT molecular complexity index is 377. The quantitative estimate of drug-likeness (QED) is 0.436. The molecule has 0 aliphatic carbocycles. The van der Waals surface area contributed by atoms with Gasteiger partial charge in [-0.3, -0.25) is 4.79 Å². The molecule has 0 aromatic heterocycles. The summed E-state index contributed by atoms with van der Waals surface area (Å²) >= 11 is 0. The van der Waals surface area contributed by atoms with E-state index in [-0.39, 0.29) is 12.1 Å². The summed E-state index contributed by atoms with van der Waals surface area (Å²) in [7, 11) is 0. The second-order valence-corrected chi connectivity index (χ2v) is 2.86. The van der Waals surface area contributed by atoms with E-state index in [0.29, 0.717) is 0 Å². The van der Waals surface area contributed by atoms with Crippen LogP contribution in [0.3, 0.4) is 0 Å². The Kier molecular flexibility index (Phi) is 3.17. The molecule has 5 heteroatoms. The van der Waals surface area contributed by atoms with Crippen molar-refractivity contribution in [3.63, 3.8) is 0 Å². The summed E-state index contributed by atoms with van der Waals surface area (Å²) in [5.41, 5.74) is 0.0599. The van der Waals surface area contributed by atoms with Crippen LogP contribution in [0, 0.1) is 0 Å². The monoisotopic (exact) mass is 209 g/mol. The van der Waals surface area contributed by atoms with Gasteiger partial charge in [-0.25, -0.2) is 0 Å². The number of phenols is 3. The number of aromatic hydroxyl groups is 3. The summed E-state index contributed by atoms with van der Waals surface area (Å²) in [5.74, 6) is -2.20. The Morgan fingerprint density at radius 2 is 1.87 bits per heavy atom. The number of hydrogen-bond acceptors (Lipinski definition) is 4. The van der Waals surface area contributed by atoms with Crippen molar-refractivity contribution in [1.29, 1.82) is 0 Å². The van der Waals surface area contributed by atoms with Crippen LogP contribution in [0.25, 0.3) is 0 Å². The second kappa shape index (κ2) is 4.36. The van der Waals surface area contributed by atoms with Crippen molar-refractivity contribution in [3.8, 4) is 17.2 Å². The van der Waals surface area contributed by atoms with Crippen LogP contribution in [-0.2, 0) is 0 Å². The van der Waals surface area contributed by atoms with E-state index in [4.69, 9.17) is 15.3 Å². The molecule has 5 nitrogen and oxygen atoms in total. The van der Waals surface area contributed by atoms with Crippen LogP contribution in [0.1, 0.15) is 10.4 Å². The van der Waals surface area contributed by atoms with Gasteiger partial charge in [-0.1, -0.05) is 6.08 Å². The van der Waals surface area contributed by atoms with E-state index in [9.17, 15) is 4.79 Å². The number of benzene rings is 1. The molecule has 0 aliphatic heterocycles. The first-order chi connectivity index (χ1) is 7.06. The van der Waals surface area contributed by atoms with Gasteiger partial charge in [0.15, 0.2) is 17.2 Å². The van der Waals surface area contributed by atoms with Crippen molar-refractivity contribution in [2.75, 3.05) is 6.54 Å². The number of carbonyl (C=O) groups is 1. The van der Waals surface area contributed by atoms with Crippen molar-refractivity contribution in [2.24, 2.45) is 0 Å². The minimum Gasteiger partial charge on any atom is -0.504 e. The van der Waals surface area contributed by atoms with Crippen molar-refractivity contribution in [2.45, 2.75) is 0 Å². The van der Waals surface area contributed by atoms with Crippen LogP contribution in [-0.4, -0.2) is 27.8 Å². The van der Waals surface area contributed by atoms with Gasteiger partial charge in [-0.05, 0) is 12.1 Å². The topological polar surface area (TPSA) is 89.8 Å². The molecule has 1 aromatic carbocycles. The number of phenolic OH excluding ortho intramolecular Hbond substituents is 3. The summed E-state index contributed by atoms with van der Waals surface area (Å²) in [6.07, 6.45) is 1.50. The average Bonchev–Trinajstić information content (AvgIpc) is 2.21. The zero-order valence-electron chi connectivity index (χ0n) is 7.90. The smallest absolute Gasteiger partial charge is 0.251 e. The van der Waals surface area contributed by atoms with E-state index >= 15 is 0 Å². The summed E-state index contributed by atoms with van der Waals surface area (Å²) < 4.78 is 0. The normalized spacial score (nSPS) is 9.60. The van der Waals surface area contributed by atoms with Crippen LogP contribution in [0.5, 0.6) is 17.2 Å². The minimum atomic E-state index is -0.643. The highest BCUT2D eigenvalue weighted by molar-refractivity contribution is 5.95. The fourth-order valence-corrected chi connectivity index (χ4v) is 1.00. The predicted octanol–water partition coefficient (Wildman–Crippen LogP) is 0.719. The molecule has 1 rings (SSSR count). The van der Waals surface area contributed by atoms with Gasteiger partial charge in [0, 0.05) is 12.1 Å². The molecule has 0 atom stereocenters. The van der Waals surface area contributed by atoms with Crippen LogP contribution in [0.15, 0.2) is 24.8 Å². The average molecular weight is 209 g/mol. The van der Waals surface area contributed by atoms with Crippen molar-refractivity contribution >= 4 is 5.91 Å².